The van der Waals surface area contributed by atoms with E-state index in [4.69, 9.17) is 9.47 Å². The fourth-order valence-corrected chi connectivity index (χ4v) is 3.44. The second kappa shape index (κ2) is 7.79. The summed E-state index contributed by atoms with van der Waals surface area (Å²) >= 11 is 2.06. The molecule has 1 aromatic carbocycles. The van der Waals surface area contributed by atoms with E-state index >= 15 is 0 Å². The number of hydrogen-bond acceptors (Lipinski definition) is 4. The van der Waals surface area contributed by atoms with E-state index in [1.807, 2.05) is 19.9 Å². The third kappa shape index (κ3) is 4.60. The van der Waals surface area contributed by atoms with Crippen LogP contribution in [0.5, 0.6) is 11.5 Å². The Labute approximate surface area is 126 Å². The first kappa shape index (κ1) is 15.5. The Morgan fingerprint density at radius 2 is 2.00 bits per heavy atom. The molecule has 0 aromatic heterocycles. The molecule has 0 aliphatic carbocycles. The van der Waals surface area contributed by atoms with Crippen molar-refractivity contribution in [1.29, 1.82) is 0 Å². The van der Waals surface area contributed by atoms with Crippen molar-refractivity contribution in [3.8, 4) is 11.5 Å². The molecular formula is C16H25NO2S. The number of rotatable bonds is 6. The summed E-state index contributed by atoms with van der Waals surface area (Å²) in [6.45, 7) is 4.94. The lowest BCUT2D eigenvalue weighted by molar-refractivity contribution is 0.230. The van der Waals surface area contributed by atoms with Crippen molar-refractivity contribution >= 4 is 11.8 Å². The van der Waals surface area contributed by atoms with Crippen molar-refractivity contribution in [2.24, 2.45) is 0 Å². The largest absolute Gasteiger partial charge is 0.493 e. The van der Waals surface area contributed by atoms with Gasteiger partial charge in [0, 0.05) is 12.6 Å². The quantitative estimate of drug-likeness (QED) is 0.870. The molecule has 0 atom stereocenters. The van der Waals surface area contributed by atoms with Gasteiger partial charge in [0.2, 0.25) is 0 Å². The highest BCUT2D eigenvalue weighted by Gasteiger charge is 2.13. The van der Waals surface area contributed by atoms with E-state index in [0.717, 1.165) is 18.0 Å². The van der Waals surface area contributed by atoms with Gasteiger partial charge < -0.3 is 14.8 Å². The summed E-state index contributed by atoms with van der Waals surface area (Å²) in [5.74, 6) is 4.20. The van der Waals surface area contributed by atoms with E-state index in [0.29, 0.717) is 6.04 Å². The zero-order valence-corrected chi connectivity index (χ0v) is 13.5. The van der Waals surface area contributed by atoms with E-state index in [2.05, 4.69) is 29.2 Å². The van der Waals surface area contributed by atoms with Crippen molar-refractivity contribution in [2.45, 2.75) is 45.4 Å². The van der Waals surface area contributed by atoms with Crippen molar-refractivity contribution in [3.05, 3.63) is 23.8 Å². The standard InChI is InChI=1S/C16H25NO2S/c1-12(2)19-15-5-4-13(10-16(15)18-3)11-17-14-6-8-20-9-7-14/h4-5,10,12,14,17H,6-9,11H2,1-3H3. The average Bonchev–Trinajstić information content (AvgIpc) is 2.46. The highest BCUT2D eigenvalue weighted by atomic mass is 32.2. The van der Waals surface area contributed by atoms with Crippen LogP contribution in [0.25, 0.3) is 0 Å². The summed E-state index contributed by atoms with van der Waals surface area (Å²) < 4.78 is 11.2. The van der Waals surface area contributed by atoms with Gasteiger partial charge in [-0.2, -0.15) is 11.8 Å². The van der Waals surface area contributed by atoms with E-state index in [1.165, 1.54) is 29.9 Å². The van der Waals surface area contributed by atoms with Crippen LogP contribution in [0.4, 0.5) is 0 Å². The second-order valence-electron chi connectivity index (χ2n) is 5.42. The van der Waals surface area contributed by atoms with E-state index in [-0.39, 0.29) is 6.10 Å². The molecule has 1 aliphatic heterocycles. The summed E-state index contributed by atoms with van der Waals surface area (Å²) in [6.07, 6.45) is 2.71. The molecule has 20 heavy (non-hydrogen) atoms. The molecule has 1 aromatic rings. The molecule has 0 spiro atoms. The number of ether oxygens (including phenoxy) is 2. The minimum absolute atomic E-state index is 0.160. The van der Waals surface area contributed by atoms with Crippen molar-refractivity contribution in [1.82, 2.24) is 5.32 Å². The summed E-state index contributed by atoms with van der Waals surface area (Å²) in [4.78, 5) is 0. The van der Waals surface area contributed by atoms with Crippen LogP contribution >= 0.6 is 11.8 Å². The van der Waals surface area contributed by atoms with E-state index in [9.17, 15) is 0 Å². The second-order valence-corrected chi connectivity index (χ2v) is 6.64. The molecule has 4 heteroatoms. The number of thioether (sulfide) groups is 1. The van der Waals surface area contributed by atoms with Gasteiger partial charge in [-0.1, -0.05) is 6.07 Å². The van der Waals surface area contributed by atoms with Crippen molar-refractivity contribution in [3.63, 3.8) is 0 Å². The summed E-state index contributed by atoms with van der Waals surface area (Å²) in [7, 11) is 1.69. The molecule has 0 radical (unpaired) electrons. The molecule has 1 saturated heterocycles. The Morgan fingerprint density at radius 1 is 1.25 bits per heavy atom. The van der Waals surface area contributed by atoms with Crippen LogP contribution in [0.3, 0.4) is 0 Å². The number of methoxy groups -OCH3 is 1. The summed E-state index contributed by atoms with van der Waals surface area (Å²) in [5.41, 5.74) is 1.25. The van der Waals surface area contributed by atoms with Crippen LogP contribution in [0.1, 0.15) is 32.3 Å². The summed E-state index contributed by atoms with van der Waals surface area (Å²) in [5, 5.41) is 3.64. The average molecular weight is 295 g/mol. The predicted octanol–water partition coefficient (Wildman–Crippen LogP) is 3.47. The van der Waals surface area contributed by atoms with Crippen LogP contribution in [0, 0.1) is 0 Å². The molecule has 0 bridgehead atoms. The molecular weight excluding hydrogens is 270 g/mol. The smallest absolute Gasteiger partial charge is 0.161 e. The lowest BCUT2D eigenvalue weighted by Crippen LogP contribution is -2.32. The Kier molecular flexibility index (Phi) is 6.05. The Morgan fingerprint density at radius 3 is 2.65 bits per heavy atom. The third-order valence-corrected chi connectivity index (χ3v) is 4.46. The van der Waals surface area contributed by atoms with Gasteiger partial charge in [0.15, 0.2) is 11.5 Å². The first-order valence-corrected chi connectivity index (χ1v) is 8.49. The molecule has 3 nitrogen and oxygen atoms in total. The molecule has 1 aliphatic rings. The van der Waals surface area contributed by atoms with Gasteiger partial charge in [0.25, 0.3) is 0 Å². The van der Waals surface area contributed by atoms with Crippen LogP contribution in [0.15, 0.2) is 18.2 Å². The van der Waals surface area contributed by atoms with Crippen LogP contribution in [-0.2, 0) is 6.54 Å². The first-order valence-electron chi connectivity index (χ1n) is 7.33. The Bertz CT molecular complexity index is 417. The van der Waals surface area contributed by atoms with Gasteiger partial charge >= 0.3 is 0 Å². The highest BCUT2D eigenvalue weighted by Crippen LogP contribution is 2.29. The fraction of sp³-hybridized carbons (Fsp3) is 0.625. The van der Waals surface area contributed by atoms with Crippen molar-refractivity contribution in [2.75, 3.05) is 18.6 Å². The monoisotopic (exact) mass is 295 g/mol. The Balaban J connectivity index is 1.94. The number of nitrogens with one attached hydrogen (secondary N) is 1. The van der Waals surface area contributed by atoms with Gasteiger partial charge in [-0.05, 0) is 55.9 Å². The van der Waals surface area contributed by atoms with E-state index < -0.39 is 0 Å². The zero-order chi connectivity index (χ0) is 14.4. The third-order valence-electron chi connectivity index (χ3n) is 3.41. The predicted molar refractivity (Wildman–Crippen MR) is 85.9 cm³/mol. The molecule has 0 unspecified atom stereocenters. The van der Waals surface area contributed by atoms with Crippen LogP contribution in [0.2, 0.25) is 0 Å². The topological polar surface area (TPSA) is 30.5 Å². The summed E-state index contributed by atoms with van der Waals surface area (Å²) in [6, 6.07) is 6.86. The zero-order valence-electron chi connectivity index (χ0n) is 12.6. The Hall–Kier alpha value is -0.870. The fourth-order valence-electron chi connectivity index (χ4n) is 2.34. The molecule has 0 saturated carbocycles. The van der Waals surface area contributed by atoms with Gasteiger partial charge in [-0.25, -0.2) is 0 Å². The van der Waals surface area contributed by atoms with Gasteiger partial charge in [0.1, 0.15) is 0 Å². The minimum Gasteiger partial charge on any atom is -0.493 e. The van der Waals surface area contributed by atoms with Gasteiger partial charge in [-0.15, -0.1) is 0 Å². The maximum absolute atomic E-state index is 5.74. The van der Waals surface area contributed by atoms with E-state index in [1.54, 1.807) is 7.11 Å². The molecule has 112 valence electrons. The lowest BCUT2D eigenvalue weighted by atomic mass is 10.1. The highest BCUT2D eigenvalue weighted by molar-refractivity contribution is 7.99. The van der Waals surface area contributed by atoms with Gasteiger partial charge in [0.05, 0.1) is 13.2 Å². The van der Waals surface area contributed by atoms with Crippen molar-refractivity contribution < 1.29 is 9.47 Å². The molecule has 2 rings (SSSR count). The first-order chi connectivity index (χ1) is 9.69. The van der Waals surface area contributed by atoms with Crippen LogP contribution < -0.4 is 14.8 Å². The lowest BCUT2D eigenvalue weighted by Gasteiger charge is -2.23. The maximum atomic E-state index is 5.74. The molecule has 1 fully saturated rings. The normalized spacial score (nSPS) is 16.4. The van der Waals surface area contributed by atoms with Crippen LogP contribution in [-0.4, -0.2) is 30.8 Å². The minimum atomic E-state index is 0.160. The molecule has 0 amide bonds. The number of hydrogen-bond donors (Lipinski definition) is 1. The molecule has 1 N–H and O–H groups in total. The van der Waals surface area contributed by atoms with Gasteiger partial charge in [-0.3, -0.25) is 0 Å². The number of benzene rings is 1. The molecule has 1 heterocycles. The maximum Gasteiger partial charge on any atom is 0.161 e. The SMILES string of the molecule is COc1cc(CNC2CCSCC2)ccc1OC(C)C.